The normalized spacial score (nSPS) is 21.1. The number of nitrogens with one attached hydrogen (secondary N) is 1. The maximum Gasteiger partial charge on any atom is 0.408 e. The van der Waals surface area contributed by atoms with Gasteiger partial charge in [-0.2, -0.15) is 0 Å². The number of aliphatic carboxylic acids is 1. The molecule has 4 fully saturated rings. The summed E-state index contributed by atoms with van der Waals surface area (Å²) in [6.07, 6.45) is 4.21. The maximum atomic E-state index is 14.4. The highest BCUT2D eigenvalue weighted by molar-refractivity contribution is 6.35. The fraction of sp³-hybridized carbons (Fsp3) is 0.333. The van der Waals surface area contributed by atoms with Gasteiger partial charge in [-0.3, -0.25) is 19.7 Å². The summed E-state index contributed by atoms with van der Waals surface area (Å²) >= 11 is 13.2. The molecule has 5 heterocycles. The van der Waals surface area contributed by atoms with Crippen LogP contribution in [0.2, 0.25) is 10.0 Å². The number of piperidine rings is 3. The van der Waals surface area contributed by atoms with Gasteiger partial charge in [0.05, 0.1) is 32.2 Å². The molecule has 5 atom stereocenters. The molecule has 4 saturated heterocycles. The first kappa shape index (κ1) is 43.6. The van der Waals surface area contributed by atoms with Crippen LogP contribution in [0, 0.1) is 11.8 Å². The number of hydrogen-bond acceptors (Lipinski definition) is 9. The number of fused-ring (bicyclic) bond motifs is 3. The Labute approximate surface area is 375 Å². The fourth-order valence-electron chi connectivity index (χ4n) is 9.18. The van der Waals surface area contributed by atoms with Crippen LogP contribution in [0.3, 0.4) is 0 Å². The standard InChI is InChI=1S/C48H48Cl2N4O9/c1-60-41-15-14-32(22-42(41)61-2)36(23-37-39(49)25-53(59)26-40(37)50)45-38(47(56)57)24-54(45)46(55)34-12-6-8-29(20-34)28-62-35-13-7-11-33(21-35)44(31-9-4-3-5-10-31)51-48(58)63-43-27-52-18-16-30(43)17-19-52/h3-15,20-22,25-26,30,36,38,43-45H,16-19,23-24,27-28H2,1-2H3,(H2-,51,56,57,58,59)/p+1/t36-,38?,43-,44-,45?/m0/s1. The van der Waals surface area contributed by atoms with Crippen LogP contribution in [-0.2, 0) is 22.6 Å². The van der Waals surface area contributed by atoms with Crippen LogP contribution in [0.25, 0.3) is 0 Å². The Morgan fingerprint density at radius 2 is 1.54 bits per heavy atom. The summed E-state index contributed by atoms with van der Waals surface area (Å²) in [5.41, 5.74) is 3.93. The van der Waals surface area contributed by atoms with E-state index in [1.165, 1.54) is 26.6 Å². The second-order valence-electron chi connectivity index (χ2n) is 16.3. The zero-order valence-corrected chi connectivity index (χ0v) is 36.4. The molecule has 2 bridgehead atoms. The lowest BCUT2D eigenvalue weighted by Gasteiger charge is -2.50. The van der Waals surface area contributed by atoms with E-state index in [1.807, 2.05) is 60.7 Å². The average Bonchev–Trinajstić information content (AvgIpc) is 3.28. The number of likely N-dealkylation sites (tertiary alicyclic amines) is 1. The Morgan fingerprint density at radius 1 is 0.825 bits per heavy atom. The maximum absolute atomic E-state index is 14.4. The molecule has 4 aliphatic rings. The fourth-order valence-corrected chi connectivity index (χ4v) is 9.79. The van der Waals surface area contributed by atoms with Crippen molar-refractivity contribution in [3.05, 3.63) is 153 Å². The van der Waals surface area contributed by atoms with Crippen LogP contribution in [-0.4, -0.2) is 90.6 Å². The number of carboxylic acids is 1. The molecular formula is C48H49Cl2N4O9+. The number of ether oxygens (including phenoxy) is 4. The molecule has 9 rings (SSSR count). The Morgan fingerprint density at radius 3 is 2.22 bits per heavy atom. The lowest BCUT2D eigenvalue weighted by Crippen LogP contribution is -2.63. The zero-order valence-electron chi connectivity index (χ0n) is 34.9. The van der Waals surface area contributed by atoms with Crippen molar-refractivity contribution in [1.82, 2.24) is 15.1 Å². The van der Waals surface area contributed by atoms with Gasteiger partial charge < -0.3 is 34.3 Å². The molecule has 3 N–H and O–H groups in total. The van der Waals surface area contributed by atoms with E-state index in [0.29, 0.717) is 45.4 Å². The second kappa shape index (κ2) is 19.2. The van der Waals surface area contributed by atoms with E-state index >= 15 is 0 Å². The van der Waals surface area contributed by atoms with Crippen LogP contribution >= 0.6 is 23.2 Å². The molecule has 0 radical (unpaired) electrons. The number of pyridine rings is 1. The first-order valence-electron chi connectivity index (χ1n) is 20.9. The number of methoxy groups -OCH3 is 2. The third kappa shape index (κ3) is 9.65. The van der Waals surface area contributed by atoms with E-state index in [0.717, 1.165) is 48.3 Å². The molecule has 4 aromatic carbocycles. The molecule has 1 aromatic heterocycles. The minimum Gasteiger partial charge on any atom is -0.493 e. The Hall–Kier alpha value is -6.02. The third-order valence-corrected chi connectivity index (χ3v) is 13.2. The molecule has 0 spiro atoms. The molecule has 2 unspecified atom stereocenters. The minimum absolute atomic E-state index is 0.0210. The number of carbonyl (C=O) groups is 3. The van der Waals surface area contributed by atoms with Crippen molar-refractivity contribution in [1.29, 1.82) is 0 Å². The van der Waals surface area contributed by atoms with E-state index in [9.17, 15) is 24.7 Å². The lowest BCUT2D eigenvalue weighted by atomic mass is 9.73. The molecule has 328 valence electrons. The van der Waals surface area contributed by atoms with E-state index in [-0.39, 0.29) is 41.6 Å². The number of rotatable bonds is 15. The molecular weight excluding hydrogens is 847 g/mol. The van der Waals surface area contributed by atoms with Crippen molar-refractivity contribution in [3.63, 3.8) is 0 Å². The second-order valence-corrected chi connectivity index (χ2v) is 17.1. The van der Waals surface area contributed by atoms with Gasteiger partial charge in [-0.15, -0.1) is 0 Å². The quantitative estimate of drug-likeness (QED) is 0.0709. The van der Waals surface area contributed by atoms with Gasteiger partial charge in [0, 0.05) is 34.9 Å². The molecule has 0 saturated carbocycles. The summed E-state index contributed by atoms with van der Waals surface area (Å²) in [7, 11) is 3.02. The van der Waals surface area contributed by atoms with E-state index in [4.69, 9.17) is 42.1 Å². The molecule has 4 aliphatic heterocycles. The number of amides is 2. The largest absolute Gasteiger partial charge is 0.493 e. The smallest absolute Gasteiger partial charge is 0.408 e. The van der Waals surface area contributed by atoms with Crippen molar-refractivity contribution < 1.29 is 48.4 Å². The van der Waals surface area contributed by atoms with Gasteiger partial charge in [0.15, 0.2) is 11.5 Å². The van der Waals surface area contributed by atoms with Gasteiger partial charge in [0.25, 0.3) is 5.91 Å². The van der Waals surface area contributed by atoms with Crippen molar-refractivity contribution in [2.75, 3.05) is 40.4 Å². The first-order valence-corrected chi connectivity index (χ1v) is 21.7. The summed E-state index contributed by atoms with van der Waals surface area (Å²) in [5, 5.41) is 23.9. The number of carbonyl (C=O) groups excluding carboxylic acids is 2. The van der Waals surface area contributed by atoms with Gasteiger partial charge in [-0.05, 0) is 96.9 Å². The predicted octanol–water partition coefficient (Wildman–Crippen LogP) is 7.58. The predicted molar refractivity (Wildman–Crippen MR) is 234 cm³/mol. The highest BCUT2D eigenvalue weighted by atomic mass is 35.5. The molecule has 2 amide bonds. The number of nitrogens with zero attached hydrogens (tertiary/aromatic N) is 3. The van der Waals surface area contributed by atoms with E-state index in [1.54, 1.807) is 41.3 Å². The Balaban J connectivity index is 1.01. The monoisotopic (exact) mass is 895 g/mol. The Kier molecular flexibility index (Phi) is 13.3. The summed E-state index contributed by atoms with van der Waals surface area (Å²) in [6, 6.07) is 28.3. The highest BCUT2D eigenvalue weighted by Crippen LogP contribution is 2.43. The van der Waals surface area contributed by atoms with Gasteiger partial charge in [-0.25, -0.2) is 4.79 Å². The summed E-state index contributed by atoms with van der Waals surface area (Å²) in [4.78, 5) is 44.5. The summed E-state index contributed by atoms with van der Waals surface area (Å²) < 4.78 is 24.1. The van der Waals surface area contributed by atoms with E-state index in [2.05, 4.69) is 10.2 Å². The van der Waals surface area contributed by atoms with Crippen molar-refractivity contribution in [2.24, 2.45) is 11.8 Å². The van der Waals surface area contributed by atoms with Crippen LogP contribution in [0.4, 0.5) is 4.79 Å². The van der Waals surface area contributed by atoms with Gasteiger partial charge >= 0.3 is 12.1 Å². The number of hydrogen-bond donors (Lipinski definition) is 3. The number of halogens is 2. The van der Waals surface area contributed by atoms with Crippen LogP contribution in [0.15, 0.2) is 109 Å². The molecule has 13 nitrogen and oxygen atoms in total. The summed E-state index contributed by atoms with van der Waals surface area (Å²) in [6.45, 7) is 2.97. The zero-order chi connectivity index (χ0) is 44.2. The molecule has 15 heteroatoms. The molecule has 0 aliphatic carbocycles. The van der Waals surface area contributed by atoms with Crippen molar-refractivity contribution in [3.8, 4) is 17.2 Å². The topological polar surface area (TPSA) is 151 Å². The third-order valence-electron chi connectivity index (χ3n) is 12.5. The van der Waals surface area contributed by atoms with Crippen molar-refractivity contribution in [2.45, 2.75) is 50.0 Å². The first-order chi connectivity index (χ1) is 30.5. The van der Waals surface area contributed by atoms with Crippen molar-refractivity contribution >= 4 is 41.2 Å². The molecule has 63 heavy (non-hydrogen) atoms. The van der Waals surface area contributed by atoms with Crippen LogP contribution < -0.4 is 24.3 Å². The Bertz CT molecular complexity index is 2440. The number of carboxylic acid groups (broad SMARTS) is 1. The lowest BCUT2D eigenvalue weighted by molar-refractivity contribution is -0.904. The van der Waals surface area contributed by atoms with E-state index < -0.39 is 36.0 Å². The number of alkyl carbamates (subject to hydrolysis) is 1. The average molecular weight is 897 g/mol. The minimum atomic E-state index is -1.05. The summed E-state index contributed by atoms with van der Waals surface area (Å²) in [5.74, 6) is -1.09. The molecule has 5 aromatic rings. The number of aromatic nitrogens is 1. The van der Waals surface area contributed by atoms with Gasteiger partial charge in [-0.1, -0.05) is 83.9 Å². The van der Waals surface area contributed by atoms with Gasteiger partial charge in [0.2, 0.25) is 12.4 Å². The van der Waals surface area contributed by atoms with Gasteiger partial charge in [0.1, 0.15) is 28.5 Å². The van der Waals surface area contributed by atoms with Crippen LogP contribution in [0.1, 0.15) is 63.0 Å². The number of benzene rings is 4. The highest BCUT2D eigenvalue weighted by Gasteiger charge is 2.51. The SMILES string of the molecule is COc1ccc([C@H](Cc2c(Cl)c[n+](O)cc2Cl)C2C(C(=O)O)CN2C(=O)c2cccc(COc3cccc([C@@H](NC(=O)O[C@H]4CN5CCC4CC5)c4ccccc4)c3)c2)cc1OC. The van der Waals surface area contributed by atoms with Crippen LogP contribution in [0.5, 0.6) is 17.2 Å².